The van der Waals surface area contributed by atoms with E-state index in [-0.39, 0.29) is 5.92 Å². The molecule has 3 heteroatoms. The minimum Gasteiger partial charge on any atom is -0.478 e. The lowest BCUT2D eigenvalue weighted by molar-refractivity contribution is -0.131. The van der Waals surface area contributed by atoms with E-state index in [4.69, 9.17) is 5.11 Å². The third kappa shape index (κ3) is 3.51. The minimum atomic E-state index is -0.901. The fourth-order valence-electron chi connectivity index (χ4n) is 1.36. The molecule has 2 nitrogen and oxygen atoms in total. The predicted octanol–water partition coefficient (Wildman–Crippen LogP) is 3.57. The van der Waals surface area contributed by atoms with Crippen LogP contribution in [0.25, 0.3) is 5.57 Å². The van der Waals surface area contributed by atoms with Crippen LogP contribution in [0.5, 0.6) is 0 Å². The predicted molar refractivity (Wildman–Crippen MR) is 64.6 cm³/mol. The molecule has 1 rings (SSSR count). The van der Waals surface area contributed by atoms with Crippen molar-refractivity contribution < 1.29 is 9.90 Å². The summed E-state index contributed by atoms with van der Waals surface area (Å²) in [4.78, 5) is 10.7. The molecule has 15 heavy (non-hydrogen) atoms. The van der Waals surface area contributed by atoms with Gasteiger partial charge in [-0.05, 0) is 29.2 Å². The lowest BCUT2D eigenvalue weighted by Gasteiger charge is -2.10. The van der Waals surface area contributed by atoms with E-state index in [2.05, 4.69) is 15.9 Å². The van der Waals surface area contributed by atoms with Crippen molar-refractivity contribution in [1.82, 2.24) is 0 Å². The van der Waals surface area contributed by atoms with Crippen LogP contribution in [-0.2, 0) is 4.79 Å². The fourth-order valence-corrected chi connectivity index (χ4v) is 1.62. The maximum Gasteiger partial charge on any atom is 0.328 e. The Morgan fingerprint density at radius 1 is 1.33 bits per heavy atom. The van der Waals surface area contributed by atoms with Gasteiger partial charge in [-0.25, -0.2) is 4.79 Å². The monoisotopic (exact) mass is 268 g/mol. The number of halogens is 1. The Bertz CT molecular complexity index is 377. The van der Waals surface area contributed by atoms with Crippen molar-refractivity contribution in [3.05, 3.63) is 40.4 Å². The van der Waals surface area contributed by atoms with Gasteiger partial charge in [0.2, 0.25) is 0 Å². The average Bonchev–Trinajstić information content (AvgIpc) is 2.15. The molecular weight excluding hydrogens is 256 g/mol. The van der Waals surface area contributed by atoms with E-state index in [0.717, 1.165) is 15.6 Å². The Balaban J connectivity index is 3.10. The molecule has 1 aromatic rings. The van der Waals surface area contributed by atoms with Gasteiger partial charge in [-0.1, -0.05) is 41.9 Å². The molecule has 0 aromatic heterocycles. The Kier molecular flexibility index (Phi) is 4.09. The average molecular weight is 269 g/mol. The Morgan fingerprint density at radius 3 is 2.27 bits per heavy atom. The van der Waals surface area contributed by atoms with Crippen molar-refractivity contribution in [2.24, 2.45) is 5.92 Å². The molecule has 0 saturated heterocycles. The summed E-state index contributed by atoms with van der Waals surface area (Å²) in [6.07, 6.45) is 1.27. The molecular formula is C12H13BrO2. The smallest absolute Gasteiger partial charge is 0.328 e. The Morgan fingerprint density at radius 2 is 1.87 bits per heavy atom. The van der Waals surface area contributed by atoms with Gasteiger partial charge in [0.15, 0.2) is 0 Å². The zero-order valence-corrected chi connectivity index (χ0v) is 10.3. The maximum atomic E-state index is 10.7. The summed E-state index contributed by atoms with van der Waals surface area (Å²) in [6, 6.07) is 7.65. The Hall–Kier alpha value is -1.09. The van der Waals surface area contributed by atoms with Crippen LogP contribution in [0.15, 0.2) is 34.8 Å². The largest absolute Gasteiger partial charge is 0.478 e. The van der Waals surface area contributed by atoms with E-state index in [1.807, 2.05) is 38.1 Å². The SMILES string of the molecule is CC(C)/C(=C\C(=O)O)c1ccc(Br)cc1. The van der Waals surface area contributed by atoms with E-state index in [1.54, 1.807) is 0 Å². The number of carbonyl (C=O) groups is 1. The van der Waals surface area contributed by atoms with Gasteiger partial charge >= 0.3 is 5.97 Å². The molecule has 0 aliphatic rings. The molecule has 1 N–H and O–H groups in total. The summed E-state index contributed by atoms with van der Waals surface area (Å²) in [5.41, 5.74) is 1.80. The summed E-state index contributed by atoms with van der Waals surface area (Å²) < 4.78 is 0.990. The molecule has 0 saturated carbocycles. The lowest BCUT2D eigenvalue weighted by atomic mass is 9.95. The topological polar surface area (TPSA) is 37.3 Å². The first kappa shape index (κ1) is 12.0. The summed E-state index contributed by atoms with van der Waals surface area (Å²) in [5.74, 6) is -0.705. The van der Waals surface area contributed by atoms with Crippen LogP contribution in [0, 0.1) is 5.92 Å². The van der Waals surface area contributed by atoms with Gasteiger partial charge in [-0.3, -0.25) is 0 Å². The van der Waals surface area contributed by atoms with E-state index in [0.29, 0.717) is 0 Å². The van der Waals surface area contributed by atoms with Crippen molar-refractivity contribution in [2.45, 2.75) is 13.8 Å². The summed E-state index contributed by atoms with van der Waals surface area (Å²) in [5, 5.41) is 8.76. The second-order valence-electron chi connectivity index (χ2n) is 3.60. The number of allylic oxidation sites excluding steroid dienone is 1. The van der Waals surface area contributed by atoms with Gasteiger partial charge in [0, 0.05) is 10.5 Å². The lowest BCUT2D eigenvalue weighted by Crippen LogP contribution is -1.98. The molecule has 0 unspecified atom stereocenters. The summed E-state index contributed by atoms with van der Waals surface area (Å²) in [7, 11) is 0. The molecule has 0 aliphatic carbocycles. The summed E-state index contributed by atoms with van der Waals surface area (Å²) in [6.45, 7) is 3.97. The van der Waals surface area contributed by atoms with Crippen LogP contribution < -0.4 is 0 Å². The first-order valence-electron chi connectivity index (χ1n) is 4.71. The van der Waals surface area contributed by atoms with Crippen molar-refractivity contribution >= 4 is 27.5 Å². The third-order valence-electron chi connectivity index (χ3n) is 2.08. The molecule has 0 atom stereocenters. The van der Waals surface area contributed by atoms with Crippen LogP contribution in [0.4, 0.5) is 0 Å². The molecule has 1 aromatic carbocycles. The van der Waals surface area contributed by atoms with Crippen LogP contribution in [0.2, 0.25) is 0 Å². The normalized spacial score (nSPS) is 11.9. The Labute approximate surface area is 97.8 Å². The highest BCUT2D eigenvalue weighted by molar-refractivity contribution is 9.10. The molecule has 0 radical (unpaired) electrons. The molecule has 80 valence electrons. The highest BCUT2D eigenvalue weighted by atomic mass is 79.9. The maximum absolute atomic E-state index is 10.7. The highest BCUT2D eigenvalue weighted by Gasteiger charge is 2.08. The van der Waals surface area contributed by atoms with E-state index < -0.39 is 5.97 Å². The fraction of sp³-hybridized carbons (Fsp3) is 0.250. The summed E-state index contributed by atoms with van der Waals surface area (Å²) >= 11 is 3.35. The zero-order valence-electron chi connectivity index (χ0n) is 8.70. The van der Waals surface area contributed by atoms with E-state index in [9.17, 15) is 4.79 Å². The van der Waals surface area contributed by atoms with Gasteiger partial charge < -0.3 is 5.11 Å². The van der Waals surface area contributed by atoms with E-state index in [1.165, 1.54) is 6.08 Å². The second kappa shape index (κ2) is 5.12. The minimum absolute atomic E-state index is 0.197. The highest BCUT2D eigenvalue weighted by Crippen LogP contribution is 2.24. The molecule has 0 heterocycles. The molecule has 0 aliphatic heterocycles. The number of carboxylic acid groups (broad SMARTS) is 1. The zero-order chi connectivity index (χ0) is 11.4. The van der Waals surface area contributed by atoms with Crippen molar-refractivity contribution in [3.63, 3.8) is 0 Å². The van der Waals surface area contributed by atoms with Gasteiger partial charge in [0.25, 0.3) is 0 Å². The van der Waals surface area contributed by atoms with E-state index >= 15 is 0 Å². The number of benzene rings is 1. The van der Waals surface area contributed by atoms with Crippen LogP contribution >= 0.6 is 15.9 Å². The standard InChI is InChI=1S/C12H13BrO2/c1-8(2)11(7-12(14)15)9-3-5-10(13)6-4-9/h3-8H,1-2H3,(H,14,15)/b11-7+. The van der Waals surface area contributed by atoms with Crippen molar-refractivity contribution in [1.29, 1.82) is 0 Å². The number of aliphatic carboxylic acids is 1. The van der Waals surface area contributed by atoms with Gasteiger partial charge in [-0.15, -0.1) is 0 Å². The third-order valence-corrected chi connectivity index (χ3v) is 2.61. The van der Waals surface area contributed by atoms with Crippen molar-refractivity contribution in [2.75, 3.05) is 0 Å². The molecule has 0 bridgehead atoms. The molecule has 0 fully saturated rings. The van der Waals surface area contributed by atoms with Gasteiger partial charge in [0.1, 0.15) is 0 Å². The van der Waals surface area contributed by atoms with Gasteiger partial charge in [-0.2, -0.15) is 0 Å². The molecule has 0 amide bonds. The first-order chi connectivity index (χ1) is 7.00. The number of hydrogen-bond acceptors (Lipinski definition) is 1. The number of hydrogen-bond donors (Lipinski definition) is 1. The van der Waals surface area contributed by atoms with Crippen LogP contribution in [-0.4, -0.2) is 11.1 Å². The number of carboxylic acids is 1. The van der Waals surface area contributed by atoms with Crippen LogP contribution in [0.1, 0.15) is 19.4 Å². The van der Waals surface area contributed by atoms with Gasteiger partial charge in [0.05, 0.1) is 0 Å². The number of rotatable bonds is 3. The quantitative estimate of drug-likeness (QED) is 0.851. The second-order valence-corrected chi connectivity index (χ2v) is 4.52. The first-order valence-corrected chi connectivity index (χ1v) is 5.50. The van der Waals surface area contributed by atoms with Crippen molar-refractivity contribution in [3.8, 4) is 0 Å². The van der Waals surface area contributed by atoms with Crippen LogP contribution in [0.3, 0.4) is 0 Å². The molecule has 0 spiro atoms.